The van der Waals surface area contributed by atoms with Crippen LogP contribution in [0.1, 0.15) is 21.5 Å². The van der Waals surface area contributed by atoms with Gasteiger partial charge in [0.05, 0.1) is 20.8 Å². The van der Waals surface area contributed by atoms with Crippen LogP contribution in [0, 0.1) is 0 Å². The number of carbonyl (C=O) groups is 1. The third-order valence-corrected chi connectivity index (χ3v) is 4.02. The number of benzene rings is 2. The van der Waals surface area contributed by atoms with E-state index in [0.29, 0.717) is 36.1 Å². The number of aliphatic imine (C=N–C) groups is 1. The van der Waals surface area contributed by atoms with Gasteiger partial charge in [0.2, 0.25) is 0 Å². The van der Waals surface area contributed by atoms with E-state index in [9.17, 15) is 4.79 Å². The third kappa shape index (κ3) is 6.91. The van der Waals surface area contributed by atoms with Gasteiger partial charge in [-0.15, -0.1) is 24.0 Å². The van der Waals surface area contributed by atoms with Gasteiger partial charge >= 0.3 is 0 Å². The van der Waals surface area contributed by atoms with Gasteiger partial charge in [0.1, 0.15) is 0 Å². The smallest absolute Gasteiger partial charge is 0.251 e. The Labute approximate surface area is 182 Å². The molecule has 7 nitrogen and oxygen atoms in total. The molecule has 0 heterocycles. The Hall–Kier alpha value is -2.49. The zero-order valence-electron chi connectivity index (χ0n) is 16.3. The van der Waals surface area contributed by atoms with E-state index in [4.69, 9.17) is 15.2 Å². The van der Waals surface area contributed by atoms with Gasteiger partial charge in [-0.1, -0.05) is 18.2 Å². The number of carbonyl (C=O) groups excluding carboxylic acids is 1. The van der Waals surface area contributed by atoms with Gasteiger partial charge in [0, 0.05) is 19.2 Å². The molecule has 0 radical (unpaired) electrons. The normalized spacial score (nSPS) is 10.6. The third-order valence-electron chi connectivity index (χ3n) is 4.02. The van der Waals surface area contributed by atoms with Gasteiger partial charge in [-0.25, -0.2) is 4.99 Å². The van der Waals surface area contributed by atoms with Crippen molar-refractivity contribution in [3.63, 3.8) is 0 Å². The lowest BCUT2D eigenvalue weighted by atomic mass is 10.1. The van der Waals surface area contributed by atoms with Crippen molar-refractivity contribution >= 4 is 35.8 Å². The monoisotopic (exact) mass is 498 g/mol. The zero-order valence-corrected chi connectivity index (χ0v) is 18.7. The SMILES string of the molecule is CNC(=O)c1cccc(CN=C(N)NCCc2ccc(OC)c(OC)c2)c1.I. The molecular formula is C20H27IN4O3. The average molecular weight is 498 g/mol. The maximum absolute atomic E-state index is 11.7. The fourth-order valence-electron chi connectivity index (χ4n) is 2.56. The van der Waals surface area contributed by atoms with E-state index in [1.54, 1.807) is 33.4 Å². The van der Waals surface area contributed by atoms with Crippen molar-refractivity contribution in [2.24, 2.45) is 10.7 Å². The summed E-state index contributed by atoms with van der Waals surface area (Å²) in [6, 6.07) is 13.1. The molecule has 0 fully saturated rings. The van der Waals surface area contributed by atoms with E-state index in [1.165, 1.54) is 0 Å². The number of nitrogens with zero attached hydrogens (tertiary/aromatic N) is 1. The maximum Gasteiger partial charge on any atom is 0.251 e. The summed E-state index contributed by atoms with van der Waals surface area (Å²) >= 11 is 0. The summed E-state index contributed by atoms with van der Waals surface area (Å²) in [5, 5.41) is 5.70. The van der Waals surface area contributed by atoms with E-state index < -0.39 is 0 Å². The minimum atomic E-state index is -0.123. The molecule has 0 atom stereocenters. The van der Waals surface area contributed by atoms with Crippen LogP contribution in [0.4, 0.5) is 0 Å². The molecule has 2 rings (SSSR count). The van der Waals surface area contributed by atoms with E-state index in [2.05, 4.69) is 15.6 Å². The summed E-state index contributed by atoms with van der Waals surface area (Å²) in [4.78, 5) is 16.0. The minimum absolute atomic E-state index is 0. The fraction of sp³-hybridized carbons (Fsp3) is 0.300. The second-order valence-corrected chi connectivity index (χ2v) is 5.85. The Morgan fingerprint density at radius 1 is 1.07 bits per heavy atom. The molecule has 0 aliphatic heterocycles. The van der Waals surface area contributed by atoms with Crippen LogP contribution in [0.5, 0.6) is 11.5 Å². The number of rotatable bonds is 8. The van der Waals surface area contributed by atoms with Crippen molar-refractivity contribution in [3.05, 3.63) is 59.2 Å². The first-order valence-electron chi connectivity index (χ1n) is 8.63. The number of halogens is 1. The van der Waals surface area contributed by atoms with E-state index in [-0.39, 0.29) is 29.9 Å². The number of guanidine groups is 1. The van der Waals surface area contributed by atoms with Gasteiger partial charge in [-0.2, -0.15) is 0 Å². The lowest BCUT2D eigenvalue weighted by molar-refractivity contribution is 0.0963. The molecule has 2 aromatic carbocycles. The van der Waals surface area contributed by atoms with Crippen LogP contribution in [0.25, 0.3) is 0 Å². The highest BCUT2D eigenvalue weighted by atomic mass is 127. The highest BCUT2D eigenvalue weighted by Crippen LogP contribution is 2.27. The molecule has 152 valence electrons. The van der Waals surface area contributed by atoms with E-state index in [0.717, 1.165) is 17.5 Å². The molecule has 28 heavy (non-hydrogen) atoms. The summed E-state index contributed by atoms with van der Waals surface area (Å²) in [6.07, 6.45) is 0.767. The quantitative estimate of drug-likeness (QED) is 0.295. The summed E-state index contributed by atoms with van der Waals surface area (Å²) in [5.74, 6) is 1.64. The Morgan fingerprint density at radius 2 is 1.82 bits per heavy atom. The number of hydrogen-bond acceptors (Lipinski definition) is 4. The molecule has 0 aliphatic carbocycles. The van der Waals surface area contributed by atoms with Crippen LogP contribution >= 0.6 is 24.0 Å². The van der Waals surface area contributed by atoms with Crippen molar-refractivity contribution in [1.82, 2.24) is 10.6 Å². The Bertz CT molecular complexity index is 812. The molecule has 0 spiro atoms. The van der Waals surface area contributed by atoms with Crippen LogP contribution in [-0.4, -0.2) is 39.7 Å². The van der Waals surface area contributed by atoms with Crippen molar-refractivity contribution < 1.29 is 14.3 Å². The summed E-state index contributed by atoms with van der Waals surface area (Å²) in [5.41, 5.74) is 8.55. The van der Waals surface area contributed by atoms with Crippen LogP contribution in [0.15, 0.2) is 47.5 Å². The first-order chi connectivity index (χ1) is 13.1. The molecule has 0 saturated carbocycles. The Kier molecular flexibility index (Phi) is 10.1. The maximum atomic E-state index is 11.7. The van der Waals surface area contributed by atoms with Gasteiger partial charge < -0.3 is 25.8 Å². The summed E-state index contributed by atoms with van der Waals surface area (Å²) in [7, 11) is 4.83. The summed E-state index contributed by atoms with van der Waals surface area (Å²) < 4.78 is 10.5. The molecule has 1 amide bonds. The molecular weight excluding hydrogens is 471 g/mol. The van der Waals surface area contributed by atoms with Crippen LogP contribution in [0.2, 0.25) is 0 Å². The van der Waals surface area contributed by atoms with Gasteiger partial charge in [0.15, 0.2) is 17.5 Å². The van der Waals surface area contributed by atoms with Crippen molar-refractivity contribution in [2.75, 3.05) is 27.8 Å². The van der Waals surface area contributed by atoms with Gasteiger partial charge in [-0.05, 0) is 41.8 Å². The fourth-order valence-corrected chi connectivity index (χ4v) is 2.56. The zero-order chi connectivity index (χ0) is 19.6. The highest BCUT2D eigenvalue weighted by Gasteiger charge is 2.05. The predicted octanol–water partition coefficient (Wildman–Crippen LogP) is 2.33. The number of ether oxygens (including phenoxy) is 2. The molecule has 8 heteroatoms. The molecule has 2 aromatic rings. The number of hydrogen-bond donors (Lipinski definition) is 3. The largest absolute Gasteiger partial charge is 0.493 e. The Morgan fingerprint density at radius 3 is 2.50 bits per heavy atom. The van der Waals surface area contributed by atoms with Crippen molar-refractivity contribution in [2.45, 2.75) is 13.0 Å². The predicted molar refractivity (Wildman–Crippen MR) is 122 cm³/mol. The van der Waals surface area contributed by atoms with Crippen LogP contribution in [-0.2, 0) is 13.0 Å². The molecule has 4 N–H and O–H groups in total. The van der Waals surface area contributed by atoms with E-state index >= 15 is 0 Å². The number of nitrogens with one attached hydrogen (secondary N) is 2. The van der Waals surface area contributed by atoms with Gasteiger partial charge in [0.25, 0.3) is 5.91 Å². The standard InChI is InChI=1S/C20H26N4O3.HI/c1-22-19(25)16-6-4-5-15(11-16)13-24-20(21)23-10-9-14-7-8-17(26-2)18(12-14)27-3;/h4-8,11-12H,9-10,13H2,1-3H3,(H,22,25)(H3,21,23,24);1H. The topological polar surface area (TPSA) is 98.0 Å². The first kappa shape index (κ1) is 23.5. The molecule has 0 bridgehead atoms. The Balaban J connectivity index is 0.00000392. The lowest BCUT2D eigenvalue weighted by Crippen LogP contribution is -2.33. The summed E-state index contributed by atoms with van der Waals surface area (Å²) in [6.45, 7) is 1.04. The van der Waals surface area contributed by atoms with E-state index in [1.807, 2.05) is 30.3 Å². The number of nitrogens with two attached hydrogens (primary N) is 1. The second-order valence-electron chi connectivity index (χ2n) is 5.85. The van der Waals surface area contributed by atoms with Crippen LogP contribution in [0.3, 0.4) is 0 Å². The number of methoxy groups -OCH3 is 2. The van der Waals surface area contributed by atoms with Crippen LogP contribution < -0.4 is 25.8 Å². The molecule has 0 saturated heterocycles. The molecule has 0 aliphatic rings. The molecule has 0 aromatic heterocycles. The van der Waals surface area contributed by atoms with Crippen molar-refractivity contribution in [3.8, 4) is 11.5 Å². The highest BCUT2D eigenvalue weighted by molar-refractivity contribution is 14.0. The molecule has 0 unspecified atom stereocenters. The second kappa shape index (κ2) is 12.1. The average Bonchev–Trinajstić information content (AvgIpc) is 2.71. The van der Waals surface area contributed by atoms with Crippen molar-refractivity contribution in [1.29, 1.82) is 0 Å². The van der Waals surface area contributed by atoms with Gasteiger partial charge in [-0.3, -0.25) is 4.79 Å². The lowest BCUT2D eigenvalue weighted by Gasteiger charge is -2.10. The first-order valence-corrected chi connectivity index (χ1v) is 8.63. The minimum Gasteiger partial charge on any atom is -0.493 e. The number of amides is 1.